The van der Waals surface area contributed by atoms with Gasteiger partial charge < -0.3 is 10.1 Å². The average Bonchev–Trinajstić information content (AvgIpc) is 2.92. The standard InChI is InChI=1S/C17H21NO2/c1-15-11-20-17(10-12(15)8-9-16(15,17)2)14(19)18-13-6-4-3-5-7-13/h3-7,12H,8-11H2,1-2H3,(H,18,19)/t12-,15+,16-,17-/m1/s1. The maximum absolute atomic E-state index is 12.9. The predicted octanol–water partition coefficient (Wildman–Crippen LogP) is 3.22. The van der Waals surface area contributed by atoms with Gasteiger partial charge >= 0.3 is 0 Å². The average molecular weight is 271 g/mol. The fraction of sp³-hybridized carbons (Fsp3) is 0.588. The van der Waals surface area contributed by atoms with Crippen LogP contribution in [0.2, 0.25) is 0 Å². The molecule has 2 aliphatic carbocycles. The Morgan fingerprint density at radius 3 is 2.70 bits per heavy atom. The summed E-state index contributed by atoms with van der Waals surface area (Å²) in [6, 6.07) is 9.69. The summed E-state index contributed by atoms with van der Waals surface area (Å²) in [7, 11) is 0. The van der Waals surface area contributed by atoms with Crippen molar-refractivity contribution in [2.45, 2.75) is 38.7 Å². The van der Waals surface area contributed by atoms with Gasteiger partial charge in [0, 0.05) is 16.5 Å². The molecule has 4 rings (SSSR count). The van der Waals surface area contributed by atoms with E-state index in [9.17, 15) is 4.79 Å². The van der Waals surface area contributed by atoms with Gasteiger partial charge in [-0.2, -0.15) is 0 Å². The molecule has 4 bridgehead atoms. The molecule has 4 atom stereocenters. The molecule has 20 heavy (non-hydrogen) atoms. The quantitative estimate of drug-likeness (QED) is 0.897. The van der Waals surface area contributed by atoms with Gasteiger partial charge in [-0.3, -0.25) is 4.79 Å². The minimum atomic E-state index is -0.611. The van der Waals surface area contributed by atoms with Crippen LogP contribution >= 0.6 is 0 Å². The van der Waals surface area contributed by atoms with Crippen LogP contribution in [0.15, 0.2) is 30.3 Å². The summed E-state index contributed by atoms with van der Waals surface area (Å²) in [5.74, 6) is 0.694. The minimum absolute atomic E-state index is 0.0104. The molecule has 0 spiro atoms. The fourth-order valence-electron chi connectivity index (χ4n) is 5.01. The van der Waals surface area contributed by atoms with E-state index in [0.29, 0.717) is 5.92 Å². The number of rotatable bonds is 2. The maximum atomic E-state index is 12.9. The van der Waals surface area contributed by atoms with Crippen LogP contribution in [0.3, 0.4) is 0 Å². The van der Waals surface area contributed by atoms with E-state index in [0.717, 1.165) is 25.1 Å². The lowest BCUT2D eigenvalue weighted by molar-refractivity contribution is -0.149. The van der Waals surface area contributed by atoms with E-state index in [-0.39, 0.29) is 16.7 Å². The van der Waals surface area contributed by atoms with E-state index in [4.69, 9.17) is 4.74 Å². The number of anilines is 1. The van der Waals surface area contributed by atoms with Gasteiger partial charge in [0.25, 0.3) is 5.91 Å². The van der Waals surface area contributed by atoms with Gasteiger partial charge in [0.15, 0.2) is 5.60 Å². The van der Waals surface area contributed by atoms with Crippen molar-refractivity contribution in [2.24, 2.45) is 16.7 Å². The summed E-state index contributed by atoms with van der Waals surface area (Å²) in [5.41, 5.74) is 0.417. The molecule has 1 aliphatic heterocycles. The smallest absolute Gasteiger partial charge is 0.257 e. The Kier molecular flexibility index (Phi) is 2.26. The molecule has 0 aromatic heterocycles. The van der Waals surface area contributed by atoms with E-state index in [1.165, 1.54) is 6.42 Å². The fourth-order valence-corrected chi connectivity index (χ4v) is 5.01. The highest BCUT2D eigenvalue weighted by Gasteiger charge is 2.78. The Morgan fingerprint density at radius 2 is 2.05 bits per heavy atom. The molecule has 2 saturated carbocycles. The Morgan fingerprint density at radius 1 is 1.30 bits per heavy atom. The van der Waals surface area contributed by atoms with E-state index in [1.54, 1.807) is 0 Å². The van der Waals surface area contributed by atoms with Crippen molar-refractivity contribution >= 4 is 11.6 Å². The Bertz CT molecular complexity index is 572. The first-order valence-corrected chi connectivity index (χ1v) is 7.52. The van der Waals surface area contributed by atoms with Crippen molar-refractivity contribution in [3.63, 3.8) is 0 Å². The van der Waals surface area contributed by atoms with Crippen LogP contribution in [0.4, 0.5) is 5.69 Å². The highest BCUT2D eigenvalue weighted by Crippen LogP contribution is 2.75. The van der Waals surface area contributed by atoms with Gasteiger partial charge in [0.05, 0.1) is 6.61 Å². The lowest BCUT2D eigenvalue weighted by atomic mass is 9.66. The molecule has 0 radical (unpaired) electrons. The SMILES string of the molecule is C[C@]12CC[C@@H]3C[C@]1(C(=O)Nc1ccccc1)OC[C@@]32C. The molecular formula is C17H21NO2. The normalized spacial score (nSPS) is 44.8. The molecule has 1 amide bonds. The molecule has 3 heteroatoms. The lowest BCUT2D eigenvalue weighted by Gasteiger charge is -2.39. The van der Waals surface area contributed by atoms with E-state index in [2.05, 4.69) is 19.2 Å². The highest BCUT2D eigenvalue weighted by atomic mass is 16.5. The van der Waals surface area contributed by atoms with Crippen LogP contribution < -0.4 is 5.32 Å². The molecule has 1 aromatic carbocycles. The van der Waals surface area contributed by atoms with Crippen LogP contribution in [0.1, 0.15) is 33.1 Å². The number of nitrogens with one attached hydrogen (secondary N) is 1. The Balaban J connectivity index is 1.68. The summed E-state index contributed by atoms with van der Waals surface area (Å²) < 4.78 is 6.10. The molecule has 1 aromatic rings. The van der Waals surface area contributed by atoms with Crippen LogP contribution in [-0.2, 0) is 9.53 Å². The van der Waals surface area contributed by atoms with Gasteiger partial charge in [-0.15, -0.1) is 0 Å². The molecule has 1 heterocycles. The van der Waals surface area contributed by atoms with Gasteiger partial charge in [0.2, 0.25) is 0 Å². The number of para-hydroxylation sites is 1. The number of carbonyl (C=O) groups excluding carboxylic acids is 1. The predicted molar refractivity (Wildman–Crippen MR) is 77.3 cm³/mol. The highest BCUT2D eigenvalue weighted by molar-refractivity contribution is 5.99. The summed E-state index contributed by atoms with van der Waals surface area (Å²) in [6.45, 7) is 5.31. The molecule has 1 saturated heterocycles. The number of ether oxygens (including phenoxy) is 1. The van der Waals surface area contributed by atoms with Crippen molar-refractivity contribution in [1.82, 2.24) is 0 Å². The second-order valence-electron chi connectivity index (χ2n) is 7.13. The van der Waals surface area contributed by atoms with E-state index < -0.39 is 5.60 Å². The Labute approximate surface area is 119 Å². The number of amides is 1. The van der Waals surface area contributed by atoms with Crippen molar-refractivity contribution in [3.05, 3.63) is 30.3 Å². The Hall–Kier alpha value is -1.35. The van der Waals surface area contributed by atoms with Crippen LogP contribution in [0.25, 0.3) is 0 Å². The minimum Gasteiger partial charge on any atom is -0.364 e. The molecular weight excluding hydrogens is 250 g/mol. The number of hydrogen-bond acceptors (Lipinski definition) is 2. The zero-order valence-electron chi connectivity index (χ0n) is 12.1. The summed E-state index contributed by atoms with van der Waals surface area (Å²) in [6.07, 6.45) is 3.24. The number of hydrogen-bond donors (Lipinski definition) is 1. The summed E-state index contributed by atoms with van der Waals surface area (Å²) in [5, 5.41) is 3.07. The van der Waals surface area contributed by atoms with Crippen LogP contribution in [0.5, 0.6) is 0 Å². The molecule has 3 aliphatic rings. The van der Waals surface area contributed by atoms with Crippen molar-refractivity contribution in [3.8, 4) is 0 Å². The maximum Gasteiger partial charge on any atom is 0.257 e. The largest absolute Gasteiger partial charge is 0.364 e. The second-order valence-corrected chi connectivity index (χ2v) is 7.13. The van der Waals surface area contributed by atoms with E-state index in [1.807, 2.05) is 30.3 Å². The van der Waals surface area contributed by atoms with Gasteiger partial charge in [-0.1, -0.05) is 32.0 Å². The molecule has 3 nitrogen and oxygen atoms in total. The zero-order chi connectivity index (χ0) is 14.0. The summed E-state index contributed by atoms with van der Waals surface area (Å²) >= 11 is 0. The monoisotopic (exact) mass is 271 g/mol. The molecule has 0 unspecified atom stereocenters. The van der Waals surface area contributed by atoms with Crippen molar-refractivity contribution in [1.29, 1.82) is 0 Å². The molecule has 1 N–H and O–H groups in total. The van der Waals surface area contributed by atoms with Gasteiger partial charge in [-0.25, -0.2) is 0 Å². The van der Waals surface area contributed by atoms with Gasteiger partial charge in [-0.05, 0) is 37.3 Å². The topological polar surface area (TPSA) is 38.3 Å². The van der Waals surface area contributed by atoms with Crippen molar-refractivity contribution < 1.29 is 9.53 Å². The van der Waals surface area contributed by atoms with Crippen LogP contribution in [0, 0.1) is 16.7 Å². The van der Waals surface area contributed by atoms with E-state index >= 15 is 0 Å². The zero-order valence-corrected chi connectivity index (χ0v) is 12.1. The first-order valence-electron chi connectivity index (χ1n) is 7.52. The first kappa shape index (κ1) is 12.4. The first-order chi connectivity index (χ1) is 9.52. The third-order valence-corrected chi connectivity index (χ3v) is 6.60. The molecule has 106 valence electrons. The van der Waals surface area contributed by atoms with Crippen LogP contribution in [-0.4, -0.2) is 18.1 Å². The molecule has 3 fully saturated rings. The number of carbonyl (C=O) groups is 1. The number of benzene rings is 1. The van der Waals surface area contributed by atoms with Crippen molar-refractivity contribution in [2.75, 3.05) is 11.9 Å². The summed E-state index contributed by atoms with van der Waals surface area (Å²) in [4.78, 5) is 12.9. The third kappa shape index (κ3) is 1.19. The van der Waals surface area contributed by atoms with Gasteiger partial charge in [0.1, 0.15) is 0 Å². The third-order valence-electron chi connectivity index (χ3n) is 6.60. The second kappa shape index (κ2) is 3.64. The lowest BCUT2D eigenvalue weighted by Crippen LogP contribution is -2.52.